The summed E-state index contributed by atoms with van der Waals surface area (Å²) in [6.07, 6.45) is 0.616. The molecule has 0 aliphatic rings. The van der Waals surface area contributed by atoms with E-state index in [2.05, 4.69) is 4.52 Å². The molecule has 0 aromatic rings. The number of rotatable bonds is 3. The molecule has 0 saturated carbocycles. The maximum atomic E-state index is 9.86. The van der Waals surface area contributed by atoms with Crippen LogP contribution in [0, 0.1) is 0 Å². The summed E-state index contributed by atoms with van der Waals surface area (Å²) in [6.45, 7) is 1.89. The Morgan fingerprint density at radius 1 is 1.33 bits per heavy atom. The van der Waals surface area contributed by atoms with Crippen molar-refractivity contribution in [3.8, 4) is 0 Å². The van der Waals surface area contributed by atoms with E-state index in [9.17, 15) is 4.57 Å². The molecule has 5 nitrogen and oxygen atoms in total. The van der Waals surface area contributed by atoms with Crippen molar-refractivity contribution in [2.45, 2.75) is 13.3 Å². The van der Waals surface area contributed by atoms with E-state index < -0.39 is 7.82 Å². The van der Waals surface area contributed by atoms with E-state index in [1.165, 1.54) is 0 Å². The van der Waals surface area contributed by atoms with Gasteiger partial charge in [0.15, 0.2) is 0 Å². The lowest BCUT2D eigenvalue weighted by molar-refractivity contribution is 0.197. The minimum Gasteiger partial charge on any atom is -0.312 e. The predicted octanol–water partition coefficient (Wildman–Crippen LogP) is 0.683. The molecule has 12 heavy (non-hydrogen) atoms. The molecule has 0 radical (unpaired) electrons. The second-order valence-corrected chi connectivity index (χ2v) is 3.90. The Hall–Kier alpha value is 0.0700. The third kappa shape index (κ3) is 32.2. The van der Waals surface area contributed by atoms with Gasteiger partial charge in [-0.3, -0.25) is 4.52 Å². The highest BCUT2D eigenvalue weighted by Gasteiger charge is 2.11. The SMILES string of the molecule is CCCOP(=O)(O)O.CN(C)C. The molecule has 0 aromatic carbocycles. The molecule has 0 amide bonds. The molecule has 0 aliphatic heterocycles. The van der Waals surface area contributed by atoms with Crippen LogP contribution in [0.15, 0.2) is 0 Å². The fraction of sp³-hybridized carbons (Fsp3) is 1.00. The van der Waals surface area contributed by atoms with E-state index in [-0.39, 0.29) is 6.61 Å². The van der Waals surface area contributed by atoms with Gasteiger partial charge < -0.3 is 14.7 Å². The minimum absolute atomic E-state index is 0.115. The van der Waals surface area contributed by atoms with Crippen LogP contribution in [-0.4, -0.2) is 42.4 Å². The molecule has 0 atom stereocenters. The third-order valence-electron chi connectivity index (χ3n) is 0.464. The first-order chi connectivity index (χ1) is 5.29. The van der Waals surface area contributed by atoms with Crippen LogP contribution in [0.25, 0.3) is 0 Å². The van der Waals surface area contributed by atoms with Gasteiger partial charge in [0.1, 0.15) is 0 Å². The van der Waals surface area contributed by atoms with Crippen molar-refractivity contribution < 1.29 is 18.9 Å². The van der Waals surface area contributed by atoms with Crippen molar-refractivity contribution in [3.63, 3.8) is 0 Å². The molecular formula is C6H18NO4P. The lowest BCUT2D eigenvalue weighted by Crippen LogP contribution is -1.99. The van der Waals surface area contributed by atoms with Gasteiger partial charge in [-0.05, 0) is 27.6 Å². The van der Waals surface area contributed by atoms with Gasteiger partial charge in [0.2, 0.25) is 0 Å². The maximum Gasteiger partial charge on any atom is 0.469 e. The summed E-state index contributed by atoms with van der Waals surface area (Å²) >= 11 is 0. The Bertz CT molecular complexity index is 131. The van der Waals surface area contributed by atoms with Gasteiger partial charge >= 0.3 is 7.82 Å². The minimum atomic E-state index is -4.18. The van der Waals surface area contributed by atoms with Crippen molar-refractivity contribution in [2.24, 2.45) is 0 Å². The smallest absolute Gasteiger partial charge is 0.312 e. The first kappa shape index (κ1) is 14.6. The van der Waals surface area contributed by atoms with Crippen LogP contribution >= 0.6 is 7.82 Å². The number of phosphoric ester groups is 1. The van der Waals surface area contributed by atoms with Crippen molar-refractivity contribution in [1.29, 1.82) is 0 Å². The van der Waals surface area contributed by atoms with Gasteiger partial charge in [0.25, 0.3) is 0 Å². The average molecular weight is 199 g/mol. The second kappa shape index (κ2) is 7.71. The Balaban J connectivity index is 0. The highest BCUT2D eigenvalue weighted by molar-refractivity contribution is 7.46. The lowest BCUT2D eigenvalue weighted by atomic mass is 10.5. The van der Waals surface area contributed by atoms with Gasteiger partial charge in [-0.1, -0.05) is 6.92 Å². The molecule has 0 saturated heterocycles. The summed E-state index contributed by atoms with van der Waals surface area (Å²) in [5.74, 6) is 0. The van der Waals surface area contributed by atoms with Crippen LogP contribution < -0.4 is 0 Å². The highest BCUT2D eigenvalue weighted by Crippen LogP contribution is 2.35. The number of hydrogen-bond donors (Lipinski definition) is 2. The van der Waals surface area contributed by atoms with Crippen LogP contribution in [0.2, 0.25) is 0 Å². The summed E-state index contributed by atoms with van der Waals surface area (Å²) in [4.78, 5) is 18.1. The molecule has 2 N–H and O–H groups in total. The van der Waals surface area contributed by atoms with Gasteiger partial charge in [-0.15, -0.1) is 0 Å². The predicted molar refractivity (Wildman–Crippen MR) is 47.9 cm³/mol. The maximum absolute atomic E-state index is 9.86. The molecule has 0 rings (SSSR count). The van der Waals surface area contributed by atoms with E-state index >= 15 is 0 Å². The van der Waals surface area contributed by atoms with Crippen molar-refractivity contribution >= 4 is 7.82 Å². The van der Waals surface area contributed by atoms with Gasteiger partial charge in [-0.25, -0.2) is 4.57 Å². The summed E-state index contributed by atoms with van der Waals surface area (Å²) in [5.41, 5.74) is 0. The van der Waals surface area contributed by atoms with Crippen molar-refractivity contribution in [3.05, 3.63) is 0 Å². The number of phosphoric acid groups is 1. The van der Waals surface area contributed by atoms with Gasteiger partial charge in [0, 0.05) is 0 Å². The van der Waals surface area contributed by atoms with Crippen LogP contribution in [0.3, 0.4) is 0 Å². The quantitative estimate of drug-likeness (QED) is 0.654. The van der Waals surface area contributed by atoms with Crippen molar-refractivity contribution in [1.82, 2.24) is 4.90 Å². The van der Waals surface area contributed by atoms with E-state index in [1.54, 1.807) is 6.92 Å². The van der Waals surface area contributed by atoms with E-state index in [4.69, 9.17) is 9.79 Å². The Morgan fingerprint density at radius 3 is 1.75 bits per heavy atom. The zero-order valence-corrected chi connectivity index (χ0v) is 8.91. The molecule has 76 valence electrons. The third-order valence-corrected chi connectivity index (χ3v) is 0.983. The summed E-state index contributed by atoms with van der Waals surface area (Å²) in [6, 6.07) is 0. The van der Waals surface area contributed by atoms with E-state index in [0.29, 0.717) is 6.42 Å². The fourth-order valence-corrected chi connectivity index (χ4v) is 0.631. The molecule has 6 heteroatoms. The molecule has 0 aromatic heterocycles. The lowest BCUT2D eigenvalue weighted by Gasteiger charge is -2.00. The fourth-order valence-electron chi connectivity index (χ4n) is 0.210. The van der Waals surface area contributed by atoms with Crippen LogP contribution in [0.1, 0.15) is 13.3 Å². The molecule has 0 fully saturated rings. The zero-order valence-electron chi connectivity index (χ0n) is 8.02. The first-order valence-corrected chi connectivity index (χ1v) is 5.13. The van der Waals surface area contributed by atoms with Crippen molar-refractivity contribution in [2.75, 3.05) is 27.7 Å². The molecule has 0 spiro atoms. The summed E-state index contributed by atoms with van der Waals surface area (Å²) in [7, 11) is 1.82. The summed E-state index contributed by atoms with van der Waals surface area (Å²) < 4.78 is 13.9. The summed E-state index contributed by atoms with van der Waals surface area (Å²) in [5, 5.41) is 0. The average Bonchev–Trinajstić information content (AvgIpc) is 1.80. The zero-order chi connectivity index (χ0) is 10.2. The normalized spacial score (nSPS) is 10.9. The topological polar surface area (TPSA) is 70.0 Å². The van der Waals surface area contributed by atoms with Gasteiger partial charge in [-0.2, -0.15) is 0 Å². The Morgan fingerprint density at radius 2 is 1.67 bits per heavy atom. The van der Waals surface area contributed by atoms with Gasteiger partial charge in [0.05, 0.1) is 6.61 Å². The molecule has 0 aliphatic carbocycles. The number of hydrogen-bond acceptors (Lipinski definition) is 3. The molecule has 0 heterocycles. The monoisotopic (exact) mass is 199 g/mol. The second-order valence-electron chi connectivity index (χ2n) is 2.67. The van der Waals surface area contributed by atoms with E-state index in [1.807, 2.05) is 26.0 Å². The molecule has 0 bridgehead atoms. The highest BCUT2D eigenvalue weighted by atomic mass is 31.2. The van der Waals surface area contributed by atoms with E-state index in [0.717, 1.165) is 0 Å². The molecule has 0 unspecified atom stereocenters. The Labute approximate surface area is 73.6 Å². The Kier molecular flexibility index (Phi) is 9.37. The van der Waals surface area contributed by atoms with Crippen LogP contribution in [0.5, 0.6) is 0 Å². The molecular weight excluding hydrogens is 181 g/mol. The largest absolute Gasteiger partial charge is 0.469 e. The number of nitrogens with zero attached hydrogens (tertiary/aromatic N) is 1. The standard InChI is InChI=1S/C3H9N.C3H9O4P/c1-4(2)3;1-2-3-7-8(4,5)6/h1-3H3;2-3H2,1H3,(H2,4,5,6). The van der Waals surface area contributed by atoms with Crippen LogP contribution in [0.4, 0.5) is 0 Å². The first-order valence-electron chi connectivity index (χ1n) is 3.60. The van der Waals surface area contributed by atoms with Crippen LogP contribution in [-0.2, 0) is 9.09 Å².